The van der Waals surface area contributed by atoms with Gasteiger partial charge in [0.15, 0.2) is 6.61 Å². The van der Waals surface area contributed by atoms with Crippen molar-refractivity contribution in [2.75, 3.05) is 23.8 Å². The van der Waals surface area contributed by atoms with Crippen LogP contribution in [0.1, 0.15) is 30.1 Å². The first-order valence-corrected chi connectivity index (χ1v) is 9.58. The molecule has 30 heavy (non-hydrogen) atoms. The molecule has 2 rings (SSSR count). The third-order valence-corrected chi connectivity index (χ3v) is 4.05. The van der Waals surface area contributed by atoms with Crippen LogP contribution in [0.5, 0.6) is 0 Å². The topological polar surface area (TPSA) is 114 Å². The van der Waals surface area contributed by atoms with Gasteiger partial charge in [-0.25, -0.2) is 0 Å². The minimum atomic E-state index is -0.535. The van der Waals surface area contributed by atoms with Gasteiger partial charge in [0.1, 0.15) is 0 Å². The molecule has 2 aromatic carbocycles. The van der Waals surface area contributed by atoms with E-state index in [2.05, 4.69) is 16.0 Å². The van der Waals surface area contributed by atoms with Crippen molar-refractivity contribution in [3.8, 4) is 0 Å². The Hall–Kier alpha value is -3.39. The first kappa shape index (κ1) is 22.9. The molecule has 0 aromatic heterocycles. The van der Waals surface area contributed by atoms with E-state index in [1.54, 1.807) is 48.5 Å². The summed E-state index contributed by atoms with van der Waals surface area (Å²) in [5.41, 5.74) is 1.59. The Labute approximate surface area is 178 Å². The van der Waals surface area contributed by atoms with Gasteiger partial charge in [0.25, 0.3) is 11.8 Å². The van der Waals surface area contributed by atoms with Gasteiger partial charge in [-0.2, -0.15) is 0 Å². The number of nitrogens with one attached hydrogen (secondary N) is 3. The molecule has 3 N–H and O–H groups in total. The standard InChI is InChI=1S/C21H22ClN3O5/c1-14(26)24-17-8-10-18(11-9-17)25-19(27)13-30-20(28)3-2-12-23-21(29)15-4-6-16(22)7-5-15/h4-11H,2-3,12-13H2,1H3,(H,23,29)(H,24,26)(H,25,27). The van der Waals surface area contributed by atoms with Crippen molar-refractivity contribution in [3.05, 3.63) is 59.1 Å². The molecule has 8 nitrogen and oxygen atoms in total. The number of anilines is 2. The lowest BCUT2D eigenvalue weighted by atomic mass is 10.2. The summed E-state index contributed by atoms with van der Waals surface area (Å²) in [5, 5.41) is 8.44. The van der Waals surface area contributed by atoms with Crippen molar-refractivity contribution >= 4 is 46.7 Å². The SMILES string of the molecule is CC(=O)Nc1ccc(NC(=O)COC(=O)CCCNC(=O)c2ccc(Cl)cc2)cc1. The quantitative estimate of drug-likeness (QED) is 0.417. The molecule has 0 fully saturated rings. The maximum Gasteiger partial charge on any atom is 0.306 e. The van der Waals surface area contributed by atoms with Crippen LogP contribution in [-0.4, -0.2) is 36.8 Å². The van der Waals surface area contributed by atoms with Crippen molar-refractivity contribution < 1.29 is 23.9 Å². The summed E-state index contributed by atoms with van der Waals surface area (Å²) in [7, 11) is 0. The van der Waals surface area contributed by atoms with Crippen molar-refractivity contribution in [2.24, 2.45) is 0 Å². The van der Waals surface area contributed by atoms with Crippen LogP contribution in [0.25, 0.3) is 0 Å². The molecule has 0 bridgehead atoms. The molecule has 0 saturated heterocycles. The summed E-state index contributed by atoms with van der Waals surface area (Å²) in [6.45, 7) is 1.28. The molecule has 0 saturated carbocycles. The molecule has 0 unspecified atom stereocenters. The monoisotopic (exact) mass is 431 g/mol. The Morgan fingerprint density at radius 2 is 1.50 bits per heavy atom. The van der Waals surface area contributed by atoms with Crippen LogP contribution < -0.4 is 16.0 Å². The highest BCUT2D eigenvalue weighted by Gasteiger charge is 2.09. The van der Waals surface area contributed by atoms with Gasteiger partial charge >= 0.3 is 5.97 Å². The number of hydrogen-bond donors (Lipinski definition) is 3. The minimum Gasteiger partial charge on any atom is -0.456 e. The van der Waals surface area contributed by atoms with Gasteiger partial charge in [-0.15, -0.1) is 0 Å². The second-order valence-corrected chi connectivity index (χ2v) is 6.77. The zero-order valence-electron chi connectivity index (χ0n) is 16.4. The number of benzene rings is 2. The fraction of sp³-hybridized carbons (Fsp3) is 0.238. The normalized spacial score (nSPS) is 10.1. The Morgan fingerprint density at radius 1 is 0.900 bits per heavy atom. The summed E-state index contributed by atoms with van der Waals surface area (Å²) < 4.78 is 4.92. The fourth-order valence-electron chi connectivity index (χ4n) is 2.39. The first-order chi connectivity index (χ1) is 14.3. The van der Waals surface area contributed by atoms with E-state index in [0.717, 1.165) is 0 Å². The molecule has 0 aliphatic rings. The predicted octanol–water partition coefficient (Wildman–Crippen LogP) is 2.99. The molecule has 9 heteroatoms. The highest BCUT2D eigenvalue weighted by molar-refractivity contribution is 6.30. The Bertz CT molecular complexity index is 898. The number of hydrogen-bond acceptors (Lipinski definition) is 5. The van der Waals surface area contributed by atoms with Gasteiger partial charge in [-0.05, 0) is 55.0 Å². The Balaban J connectivity index is 1.62. The number of halogens is 1. The molecule has 0 heterocycles. The Morgan fingerprint density at radius 3 is 2.10 bits per heavy atom. The van der Waals surface area contributed by atoms with Gasteiger partial charge in [-0.3, -0.25) is 19.2 Å². The van der Waals surface area contributed by atoms with Gasteiger partial charge < -0.3 is 20.7 Å². The van der Waals surface area contributed by atoms with E-state index in [1.165, 1.54) is 6.92 Å². The zero-order chi connectivity index (χ0) is 21.9. The number of ether oxygens (including phenoxy) is 1. The van der Waals surface area contributed by atoms with Crippen molar-refractivity contribution in [2.45, 2.75) is 19.8 Å². The number of carbonyl (C=O) groups excluding carboxylic acids is 4. The molecule has 0 atom stereocenters. The third-order valence-electron chi connectivity index (χ3n) is 3.80. The van der Waals surface area contributed by atoms with Crippen LogP contribution in [-0.2, 0) is 19.1 Å². The van der Waals surface area contributed by atoms with Crippen LogP contribution >= 0.6 is 11.6 Å². The third kappa shape index (κ3) is 8.32. The summed E-state index contributed by atoms with van der Waals surface area (Å²) in [4.78, 5) is 46.5. The molecule has 0 aliphatic carbocycles. The maximum atomic E-state index is 11.9. The number of carbonyl (C=O) groups is 4. The van der Waals surface area contributed by atoms with E-state index < -0.39 is 18.5 Å². The van der Waals surface area contributed by atoms with Crippen LogP contribution in [0.4, 0.5) is 11.4 Å². The molecule has 3 amide bonds. The van der Waals surface area contributed by atoms with E-state index in [9.17, 15) is 19.2 Å². The van der Waals surface area contributed by atoms with Crippen LogP contribution in [0.2, 0.25) is 5.02 Å². The molecular formula is C21H22ClN3O5. The number of esters is 1. The van der Waals surface area contributed by atoms with E-state index in [4.69, 9.17) is 16.3 Å². The van der Waals surface area contributed by atoms with Crippen LogP contribution in [0.3, 0.4) is 0 Å². The number of rotatable bonds is 9. The number of amides is 3. The lowest BCUT2D eigenvalue weighted by Gasteiger charge is -2.08. The van der Waals surface area contributed by atoms with Gasteiger partial charge in [0.05, 0.1) is 0 Å². The average Bonchev–Trinajstić information content (AvgIpc) is 2.71. The second kappa shape index (κ2) is 11.6. The highest BCUT2D eigenvalue weighted by Crippen LogP contribution is 2.13. The van der Waals surface area contributed by atoms with E-state index in [-0.39, 0.29) is 18.2 Å². The lowest BCUT2D eigenvalue weighted by Crippen LogP contribution is -2.25. The highest BCUT2D eigenvalue weighted by atomic mass is 35.5. The van der Waals surface area contributed by atoms with Gasteiger partial charge in [0.2, 0.25) is 5.91 Å². The maximum absolute atomic E-state index is 11.9. The molecule has 0 aliphatic heterocycles. The van der Waals surface area contributed by atoms with E-state index in [0.29, 0.717) is 34.9 Å². The minimum absolute atomic E-state index is 0.0690. The Kier molecular flexibility index (Phi) is 8.83. The van der Waals surface area contributed by atoms with E-state index >= 15 is 0 Å². The average molecular weight is 432 g/mol. The first-order valence-electron chi connectivity index (χ1n) is 9.20. The fourth-order valence-corrected chi connectivity index (χ4v) is 2.52. The van der Waals surface area contributed by atoms with E-state index in [1.807, 2.05) is 0 Å². The largest absolute Gasteiger partial charge is 0.456 e. The van der Waals surface area contributed by atoms with Gasteiger partial charge in [0, 0.05) is 41.9 Å². The summed E-state index contributed by atoms with van der Waals surface area (Å²) in [5.74, 6) is -1.47. The summed E-state index contributed by atoms with van der Waals surface area (Å²) >= 11 is 5.77. The molecular weight excluding hydrogens is 410 g/mol. The molecule has 0 radical (unpaired) electrons. The summed E-state index contributed by atoms with van der Waals surface area (Å²) in [6, 6.07) is 13.0. The molecule has 2 aromatic rings. The van der Waals surface area contributed by atoms with Crippen LogP contribution in [0, 0.1) is 0 Å². The van der Waals surface area contributed by atoms with Crippen molar-refractivity contribution in [3.63, 3.8) is 0 Å². The molecule has 0 spiro atoms. The smallest absolute Gasteiger partial charge is 0.306 e. The lowest BCUT2D eigenvalue weighted by molar-refractivity contribution is -0.147. The van der Waals surface area contributed by atoms with Crippen molar-refractivity contribution in [1.29, 1.82) is 0 Å². The van der Waals surface area contributed by atoms with Crippen molar-refractivity contribution in [1.82, 2.24) is 5.32 Å². The zero-order valence-corrected chi connectivity index (χ0v) is 17.1. The second-order valence-electron chi connectivity index (χ2n) is 6.33. The molecule has 158 valence electrons. The predicted molar refractivity (Wildman–Crippen MR) is 113 cm³/mol. The van der Waals surface area contributed by atoms with Gasteiger partial charge in [-0.1, -0.05) is 11.6 Å². The van der Waals surface area contributed by atoms with Crippen LogP contribution in [0.15, 0.2) is 48.5 Å². The summed E-state index contributed by atoms with van der Waals surface area (Å²) in [6.07, 6.45) is 0.448.